The van der Waals surface area contributed by atoms with Gasteiger partial charge in [0, 0.05) is 0 Å². The lowest BCUT2D eigenvalue weighted by molar-refractivity contribution is 0.922. The van der Waals surface area contributed by atoms with Crippen LogP contribution in [0.3, 0.4) is 0 Å². The van der Waals surface area contributed by atoms with Gasteiger partial charge >= 0.3 is 0 Å². The van der Waals surface area contributed by atoms with E-state index in [1.54, 1.807) is 0 Å². The van der Waals surface area contributed by atoms with Crippen LogP contribution in [-0.4, -0.2) is 0 Å². The Morgan fingerprint density at radius 2 is 1.12 bits per heavy atom. The highest BCUT2D eigenvalue weighted by molar-refractivity contribution is 7.28. The molecule has 0 heterocycles. The standard InChI is InChI=1S/C24H27P/c1-3-10-18-12-5-7-14-20(18)22-16-9-17-23(25)24(22)21-15-8-6-13-19(21)11-4-2/h5-9,12-17H,3-4,10-11,25H2,1-2H3. The van der Waals surface area contributed by atoms with Crippen LogP contribution in [0.2, 0.25) is 0 Å². The van der Waals surface area contributed by atoms with Crippen molar-refractivity contribution < 1.29 is 0 Å². The highest BCUT2D eigenvalue weighted by Crippen LogP contribution is 2.36. The Kier molecular flexibility index (Phi) is 6.05. The Balaban J connectivity index is 2.24. The van der Waals surface area contributed by atoms with Gasteiger partial charge in [0.15, 0.2) is 0 Å². The second-order valence-corrected chi connectivity index (χ2v) is 7.21. The third-order valence-electron chi connectivity index (χ3n) is 4.73. The van der Waals surface area contributed by atoms with E-state index in [4.69, 9.17) is 0 Å². The molecular weight excluding hydrogens is 319 g/mol. The molecule has 0 saturated carbocycles. The first kappa shape index (κ1) is 17.9. The zero-order valence-electron chi connectivity index (χ0n) is 15.3. The van der Waals surface area contributed by atoms with Gasteiger partial charge in [0.1, 0.15) is 0 Å². The van der Waals surface area contributed by atoms with Crippen LogP contribution < -0.4 is 5.30 Å². The number of benzene rings is 3. The summed E-state index contributed by atoms with van der Waals surface area (Å²) in [6.07, 6.45) is 4.57. The molecule has 0 bridgehead atoms. The Bertz CT molecular complexity index is 848. The smallest absolute Gasteiger partial charge is 0.00308 e. The van der Waals surface area contributed by atoms with E-state index in [1.165, 1.54) is 45.1 Å². The molecule has 0 aliphatic carbocycles. The van der Waals surface area contributed by atoms with Crippen LogP contribution in [0.4, 0.5) is 0 Å². The molecule has 1 unspecified atom stereocenters. The highest BCUT2D eigenvalue weighted by Gasteiger charge is 2.15. The van der Waals surface area contributed by atoms with Crippen molar-refractivity contribution in [2.45, 2.75) is 39.5 Å². The summed E-state index contributed by atoms with van der Waals surface area (Å²) in [6.45, 7) is 4.50. The molecule has 0 aliphatic heterocycles. The lowest BCUT2D eigenvalue weighted by Gasteiger charge is -2.18. The molecule has 3 aromatic rings. The van der Waals surface area contributed by atoms with Crippen molar-refractivity contribution in [3.63, 3.8) is 0 Å². The minimum absolute atomic E-state index is 1.12. The van der Waals surface area contributed by atoms with Crippen molar-refractivity contribution in [1.29, 1.82) is 0 Å². The predicted octanol–water partition coefficient (Wildman–Crippen LogP) is 6.43. The van der Waals surface area contributed by atoms with Gasteiger partial charge in [-0.15, -0.1) is 9.24 Å². The van der Waals surface area contributed by atoms with Gasteiger partial charge in [-0.25, -0.2) is 0 Å². The van der Waals surface area contributed by atoms with Crippen LogP contribution >= 0.6 is 9.24 Å². The predicted molar refractivity (Wildman–Crippen MR) is 115 cm³/mol. The summed E-state index contributed by atoms with van der Waals surface area (Å²) in [5, 5.41) is 1.27. The topological polar surface area (TPSA) is 0 Å². The Morgan fingerprint density at radius 3 is 1.76 bits per heavy atom. The molecule has 0 radical (unpaired) electrons. The zero-order chi connectivity index (χ0) is 17.6. The molecule has 3 rings (SSSR count). The molecule has 0 N–H and O–H groups in total. The molecule has 3 aromatic carbocycles. The molecule has 0 amide bonds. The molecule has 128 valence electrons. The Morgan fingerprint density at radius 1 is 0.600 bits per heavy atom. The van der Waals surface area contributed by atoms with Gasteiger partial charge in [0.05, 0.1) is 0 Å². The first-order valence-electron chi connectivity index (χ1n) is 9.31. The SMILES string of the molecule is CCCc1ccccc1-c1cccc(P)c1-c1ccccc1CCC. The minimum atomic E-state index is 1.12. The average Bonchev–Trinajstić information content (AvgIpc) is 2.63. The largest absolute Gasteiger partial charge is 0.105 e. The van der Waals surface area contributed by atoms with E-state index in [2.05, 4.69) is 89.8 Å². The van der Waals surface area contributed by atoms with Crippen molar-refractivity contribution in [2.75, 3.05) is 0 Å². The zero-order valence-corrected chi connectivity index (χ0v) is 16.4. The summed E-state index contributed by atoms with van der Waals surface area (Å²) < 4.78 is 0. The summed E-state index contributed by atoms with van der Waals surface area (Å²) >= 11 is 0. The van der Waals surface area contributed by atoms with E-state index in [9.17, 15) is 0 Å². The minimum Gasteiger partial charge on any atom is -0.105 e. The fourth-order valence-electron chi connectivity index (χ4n) is 3.62. The van der Waals surface area contributed by atoms with E-state index in [0.29, 0.717) is 0 Å². The molecule has 1 heteroatoms. The molecule has 0 saturated heterocycles. The fourth-order valence-corrected chi connectivity index (χ4v) is 4.04. The Hall–Kier alpha value is -1.91. The van der Waals surface area contributed by atoms with Crippen LogP contribution in [0.1, 0.15) is 37.8 Å². The molecule has 0 fully saturated rings. The second kappa shape index (κ2) is 8.45. The van der Waals surface area contributed by atoms with Crippen molar-refractivity contribution >= 4 is 14.5 Å². The Labute approximate surface area is 154 Å². The van der Waals surface area contributed by atoms with E-state index in [-0.39, 0.29) is 0 Å². The lowest BCUT2D eigenvalue weighted by atomic mass is 9.88. The van der Waals surface area contributed by atoms with E-state index in [0.717, 1.165) is 19.3 Å². The van der Waals surface area contributed by atoms with E-state index < -0.39 is 0 Å². The van der Waals surface area contributed by atoms with E-state index in [1.807, 2.05) is 0 Å². The van der Waals surface area contributed by atoms with Gasteiger partial charge in [-0.1, -0.05) is 93.4 Å². The van der Waals surface area contributed by atoms with Crippen molar-refractivity contribution in [3.05, 3.63) is 77.9 Å². The number of rotatable bonds is 6. The van der Waals surface area contributed by atoms with Crippen LogP contribution in [-0.2, 0) is 12.8 Å². The van der Waals surface area contributed by atoms with Crippen LogP contribution in [0.15, 0.2) is 66.7 Å². The van der Waals surface area contributed by atoms with Gasteiger partial charge in [-0.2, -0.15) is 0 Å². The van der Waals surface area contributed by atoms with Crippen molar-refractivity contribution in [1.82, 2.24) is 0 Å². The summed E-state index contributed by atoms with van der Waals surface area (Å²) in [7, 11) is 2.95. The van der Waals surface area contributed by atoms with Gasteiger partial charge in [-0.05, 0) is 51.5 Å². The summed E-state index contributed by atoms with van der Waals surface area (Å²) in [4.78, 5) is 0. The summed E-state index contributed by atoms with van der Waals surface area (Å²) in [5.74, 6) is 0. The fraction of sp³-hybridized carbons (Fsp3) is 0.250. The van der Waals surface area contributed by atoms with Crippen LogP contribution in [0.25, 0.3) is 22.3 Å². The molecule has 25 heavy (non-hydrogen) atoms. The quantitative estimate of drug-likeness (QED) is 0.451. The molecule has 0 nitrogen and oxygen atoms in total. The lowest BCUT2D eigenvalue weighted by Crippen LogP contribution is -2.03. The molecule has 0 aliphatic rings. The average molecular weight is 346 g/mol. The monoisotopic (exact) mass is 346 g/mol. The maximum atomic E-state index is 2.95. The van der Waals surface area contributed by atoms with Crippen LogP contribution in [0, 0.1) is 0 Å². The first-order valence-corrected chi connectivity index (χ1v) is 9.89. The molecular formula is C24H27P. The van der Waals surface area contributed by atoms with E-state index >= 15 is 0 Å². The first-order chi connectivity index (χ1) is 12.3. The molecule has 1 atom stereocenters. The maximum Gasteiger partial charge on any atom is -0.00308 e. The van der Waals surface area contributed by atoms with Gasteiger partial charge in [0.2, 0.25) is 0 Å². The highest BCUT2D eigenvalue weighted by atomic mass is 31.0. The number of hydrogen-bond acceptors (Lipinski definition) is 0. The third kappa shape index (κ3) is 3.86. The number of aryl methyl sites for hydroxylation is 2. The normalized spacial score (nSPS) is 10.8. The third-order valence-corrected chi connectivity index (χ3v) is 5.21. The van der Waals surface area contributed by atoms with Gasteiger partial charge in [0.25, 0.3) is 0 Å². The van der Waals surface area contributed by atoms with Crippen molar-refractivity contribution in [2.24, 2.45) is 0 Å². The number of hydrogen-bond donors (Lipinski definition) is 0. The second-order valence-electron chi connectivity index (χ2n) is 6.58. The maximum absolute atomic E-state index is 2.95. The van der Waals surface area contributed by atoms with Crippen LogP contribution in [0.5, 0.6) is 0 Å². The van der Waals surface area contributed by atoms with Gasteiger partial charge < -0.3 is 0 Å². The summed E-state index contributed by atoms with van der Waals surface area (Å²) in [5.41, 5.74) is 8.33. The summed E-state index contributed by atoms with van der Waals surface area (Å²) in [6, 6.07) is 24.4. The van der Waals surface area contributed by atoms with Gasteiger partial charge in [-0.3, -0.25) is 0 Å². The molecule has 0 spiro atoms. The van der Waals surface area contributed by atoms with Crippen molar-refractivity contribution in [3.8, 4) is 22.3 Å². The molecule has 0 aromatic heterocycles.